The number of aromatic nitrogens is 1. The summed E-state index contributed by atoms with van der Waals surface area (Å²) in [4.78, 5) is 4.02. The molecule has 1 saturated carbocycles. The highest BCUT2D eigenvalue weighted by molar-refractivity contribution is 5.40. The first kappa shape index (κ1) is 13.1. The third-order valence-electron chi connectivity index (χ3n) is 4.13. The Morgan fingerprint density at radius 3 is 2.85 bits per heavy atom. The van der Waals surface area contributed by atoms with Crippen molar-refractivity contribution >= 4 is 0 Å². The first-order valence-corrected chi connectivity index (χ1v) is 7.05. The van der Waals surface area contributed by atoms with Crippen LogP contribution < -0.4 is 4.74 Å². The van der Waals surface area contributed by atoms with Crippen LogP contribution in [0.1, 0.15) is 48.0 Å². The second-order valence-electron chi connectivity index (χ2n) is 5.32. The summed E-state index contributed by atoms with van der Waals surface area (Å²) >= 11 is 0. The molecule has 1 heterocycles. The fourth-order valence-corrected chi connectivity index (χ4v) is 2.69. The first-order chi connectivity index (χ1) is 9.79. The van der Waals surface area contributed by atoms with Crippen molar-refractivity contribution in [2.24, 2.45) is 0 Å². The predicted octanol–water partition coefficient (Wildman–Crippen LogP) is 3.44. The lowest BCUT2D eigenvalue weighted by molar-refractivity contribution is 0.214. The van der Waals surface area contributed by atoms with Gasteiger partial charge < -0.3 is 9.84 Å². The fourth-order valence-electron chi connectivity index (χ4n) is 2.69. The highest BCUT2D eigenvalue weighted by Crippen LogP contribution is 2.38. The Morgan fingerprint density at radius 1 is 1.30 bits per heavy atom. The molecule has 1 unspecified atom stereocenters. The Balaban J connectivity index is 1.91. The number of hydrogen-bond donors (Lipinski definition) is 1. The molecular weight excluding hydrogens is 250 g/mol. The summed E-state index contributed by atoms with van der Waals surface area (Å²) in [7, 11) is 1.60. The van der Waals surface area contributed by atoms with E-state index in [-0.39, 0.29) is 0 Å². The van der Waals surface area contributed by atoms with Crippen LogP contribution in [0.25, 0.3) is 0 Å². The van der Waals surface area contributed by atoms with Gasteiger partial charge in [0.15, 0.2) is 0 Å². The second-order valence-corrected chi connectivity index (χ2v) is 5.32. The van der Waals surface area contributed by atoms with Gasteiger partial charge in [-0.3, -0.25) is 4.98 Å². The number of methoxy groups -OCH3 is 1. The summed E-state index contributed by atoms with van der Waals surface area (Å²) in [6.45, 7) is 0. The average Bonchev–Trinajstić information content (AvgIpc) is 2.45. The van der Waals surface area contributed by atoms with Crippen molar-refractivity contribution in [3.63, 3.8) is 0 Å². The summed E-state index contributed by atoms with van der Waals surface area (Å²) in [5, 5.41) is 10.6. The molecule has 1 atom stereocenters. The van der Waals surface area contributed by atoms with Crippen molar-refractivity contribution in [3.8, 4) is 5.75 Å². The predicted molar refractivity (Wildman–Crippen MR) is 77.9 cm³/mol. The molecule has 0 radical (unpaired) electrons. The molecule has 1 aromatic heterocycles. The molecule has 1 aromatic carbocycles. The lowest BCUT2D eigenvalue weighted by Crippen LogP contribution is -2.10. The van der Waals surface area contributed by atoms with Gasteiger partial charge in [0.05, 0.1) is 13.3 Å². The SMILES string of the molecule is COc1cnccc1C(O)c1cccc(C2CCC2)c1. The number of pyridine rings is 1. The molecule has 20 heavy (non-hydrogen) atoms. The normalized spacial score (nSPS) is 16.5. The van der Waals surface area contributed by atoms with Gasteiger partial charge in [-0.1, -0.05) is 30.7 Å². The Kier molecular flexibility index (Phi) is 3.70. The van der Waals surface area contributed by atoms with E-state index < -0.39 is 6.10 Å². The van der Waals surface area contributed by atoms with Gasteiger partial charge in [0.25, 0.3) is 0 Å². The molecule has 2 aromatic rings. The van der Waals surface area contributed by atoms with Crippen LogP contribution in [0.4, 0.5) is 0 Å². The van der Waals surface area contributed by atoms with Crippen molar-refractivity contribution < 1.29 is 9.84 Å². The molecule has 3 rings (SSSR count). The van der Waals surface area contributed by atoms with Gasteiger partial charge in [-0.05, 0) is 36.0 Å². The zero-order valence-corrected chi connectivity index (χ0v) is 11.6. The maximum atomic E-state index is 10.6. The number of hydrogen-bond acceptors (Lipinski definition) is 3. The maximum absolute atomic E-state index is 10.6. The van der Waals surface area contributed by atoms with Gasteiger partial charge in [-0.15, -0.1) is 0 Å². The number of ether oxygens (including phenoxy) is 1. The number of aliphatic hydroxyl groups excluding tert-OH is 1. The van der Waals surface area contributed by atoms with E-state index in [1.165, 1.54) is 24.8 Å². The van der Waals surface area contributed by atoms with E-state index in [9.17, 15) is 5.11 Å². The molecule has 3 heteroatoms. The molecule has 1 aliphatic carbocycles. The Bertz CT molecular complexity index is 593. The molecule has 0 spiro atoms. The minimum atomic E-state index is -0.673. The molecule has 1 aliphatic rings. The van der Waals surface area contributed by atoms with Crippen molar-refractivity contribution in [2.45, 2.75) is 31.3 Å². The van der Waals surface area contributed by atoms with Gasteiger partial charge >= 0.3 is 0 Å². The van der Waals surface area contributed by atoms with E-state index in [1.54, 1.807) is 25.6 Å². The van der Waals surface area contributed by atoms with E-state index in [0.717, 1.165) is 11.1 Å². The number of aliphatic hydroxyl groups is 1. The van der Waals surface area contributed by atoms with Gasteiger partial charge in [-0.2, -0.15) is 0 Å². The van der Waals surface area contributed by atoms with Crippen LogP contribution in [-0.2, 0) is 0 Å². The quantitative estimate of drug-likeness (QED) is 0.924. The van der Waals surface area contributed by atoms with E-state index in [1.807, 2.05) is 12.1 Å². The van der Waals surface area contributed by atoms with E-state index in [2.05, 4.69) is 17.1 Å². The maximum Gasteiger partial charge on any atom is 0.143 e. The first-order valence-electron chi connectivity index (χ1n) is 7.05. The number of nitrogens with zero attached hydrogens (tertiary/aromatic N) is 1. The monoisotopic (exact) mass is 269 g/mol. The third kappa shape index (κ3) is 2.41. The van der Waals surface area contributed by atoms with Crippen LogP contribution in [0, 0.1) is 0 Å². The minimum Gasteiger partial charge on any atom is -0.495 e. The molecule has 0 saturated heterocycles. The smallest absolute Gasteiger partial charge is 0.143 e. The van der Waals surface area contributed by atoms with Gasteiger partial charge in [0, 0.05) is 11.8 Å². The summed E-state index contributed by atoms with van der Waals surface area (Å²) in [5.41, 5.74) is 3.01. The summed E-state index contributed by atoms with van der Waals surface area (Å²) < 4.78 is 5.28. The fraction of sp³-hybridized carbons (Fsp3) is 0.353. The lowest BCUT2D eigenvalue weighted by atomic mass is 9.79. The number of benzene rings is 1. The Labute approximate surface area is 119 Å². The summed E-state index contributed by atoms with van der Waals surface area (Å²) in [5.74, 6) is 1.29. The molecule has 0 amide bonds. The second kappa shape index (κ2) is 5.63. The zero-order valence-electron chi connectivity index (χ0n) is 11.6. The topological polar surface area (TPSA) is 42.4 Å². The van der Waals surface area contributed by atoms with Crippen LogP contribution in [-0.4, -0.2) is 17.2 Å². The molecule has 1 N–H and O–H groups in total. The molecule has 3 nitrogen and oxygen atoms in total. The molecule has 0 bridgehead atoms. The van der Waals surface area contributed by atoms with Crippen molar-refractivity contribution in [1.29, 1.82) is 0 Å². The number of rotatable bonds is 4. The van der Waals surface area contributed by atoms with E-state index >= 15 is 0 Å². The highest BCUT2D eigenvalue weighted by atomic mass is 16.5. The van der Waals surface area contributed by atoms with E-state index in [0.29, 0.717) is 11.7 Å². The van der Waals surface area contributed by atoms with Gasteiger partial charge in [-0.25, -0.2) is 0 Å². The Morgan fingerprint density at radius 2 is 2.15 bits per heavy atom. The average molecular weight is 269 g/mol. The van der Waals surface area contributed by atoms with Crippen molar-refractivity contribution in [2.75, 3.05) is 7.11 Å². The van der Waals surface area contributed by atoms with Crippen LogP contribution in [0.5, 0.6) is 5.75 Å². The Hall–Kier alpha value is -1.87. The zero-order chi connectivity index (χ0) is 13.9. The highest BCUT2D eigenvalue weighted by Gasteiger charge is 2.21. The molecule has 1 fully saturated rings. The van der Waals surface area contributed by atoms with Crippen LogP contribution in [0.3, 0.4) is 0 Å². The minimum absolute atomic E-state index is 0.619. The van der Waals surface area contributed by atoms with Crippen molar-refractivity contribution in [1.82, 2.24) is 4.98 Å². The molecule has 0 aliphatic heterocycles. The van der Waals surface area contributed by atoms with E-state index in [4.69, 9.17) is 4.74 Å². The summed E-state index contributed by atoms with van der Waals surface area (Å²) in [6, 6.07) is 10.1. The third-order valence-corrected chi connectivity index (χ3v) is 4.13. The molecule has 104 valence electrons. The van der Waals surface area contributed by atoms with Gasteiger partial charge in [0.2, 0.25) is 0 Å². The van der Waals surface area contributed by atoms with Crippen LogP contribution >= 0.6 is 0 Å². The van der Waals surface area contributed by atoms with Gasteiger partial charge in [0.1, 0.15) is 11.9 Å². The molecular formula is C17H19NO2. The van der Waals surface area contributed by atoms with Crippen LogP contribution in [0.15, 0.2) is 42.7 Å². The largest absolute Gasteiger partial charge is 0.495 e. The summed E-state index contributed by atoms with van der Waals surface area (Å²) in [6.07, 6.45) is 6.48. The lowest BCUT2D eigenvalue weighted by Gasteiger charge is -2.26. The van der Waals surface area contributed by atoms with Crippen molar-refractivity contribution in [3.05, 3.63) is 59.4 Å². The standard InChI is InChI=1S/C17H19NO2/c1-20-16-11-18-9-8-15(16)17(19)14-7-3-6-13(10-14)12-4-2-5-12/h3,6-12,17,19H,2,4-5H2,1H3. The van der Waals surface area contributed by atoms with Crippen LogP contribution in [0.2, 0.25) is 0 Å².